The van der Waals surface area contributed by atoms with E-state index >= 15 is 0 Å². The van der Waals surface area contributed by atoms with E-state index in [9.17, 15) is 14.4 Å². The minimum absolute atomic E-state index is 0.0452. The third-order valence-corrected chi connectivity index (χ3v) is 4.71. The molecule has 1 unspecified atom stereocenters. The van der Waals surface area contributed by atoms with Crippen LogP contribution in [0.1, 0.15) is 24.3 Å². The van der Waals surface area contributed by atoms with Crippen LogP contribution < -0.4 is 21.1 Å². The lowest BCUT2D eigenvalue weighted by Crippen LogP contribution is -2.47. The van der Waals surface area contributed by atoms with Crippen molar-refractivity contribution in [2.24, 2.45) is 0 Å². The lowest BCUT2D eigenvalue weighted by atomic mass is 10.1. The second-order valence-electron chi connectivity index (χ2n) is 6.17. The fourth-order valence-electron chi connectivity index (χ4n) is 2.67. The molecule has 0 fully saturated rings. The Morgan fingerprint density at radius 3 is 2.41 bits per heavy atom. The minimum atomic E-state index is -0.842. The SMILES string of the molecule is CCn1nc(C(=O)NNC(=O)C(C)Oc2ccc(Br)cc2)c2ccccc2c1=O. The first-order valence-corrected chi connectivity index (χ1v) is 9.72. The van der Waals surface area contributed by atoms with Crippen molar-refractivity contribution in [1.82, 2.24) is 20.6 Å². The molecule has 1 aromatic heterocycles. The molecule has 2 aromatic carbocycles. The van der Waals surface area contributed by atoms with Crippen LogP contribution in [0.3, 0.4) is 0 Å². The average Bonchev–Trinajstić information content (AvgIpc) is 2.73. The summed E-state index contributed by atoms with van der Waals surface area (Å²) in [6.07, 6.45) is -0.842. The van der Waals surface area contributed by atoms with Crippen molar-refractivity contribution in [2.45, 2.75) is 26.5 Å². The lowest BCUT2D eigenvalue weighted by Gasteiger charge is -2.15. The van der Waals surface area contributed by atoms with Gasteiger partial charge in [0.25, 0.3) is 17.4 Å². The second-order valence-corrected chi connectivity index (χ2v) is 7.09. The summed E-state index contributed by atoms with van der Waals surface area (Å²) in [7, 11) is 0. The quantitative estimate of drug-likeness (QED) is 0.571. The summed E-state index contributed by atoms with van der Waals surface area (Å²) < 4.78 is 7.64. The zero-order chi connectivity index (χ0) is 21.0. The number of amides is 2. The molecule has 0 spiro atoms. The van der Waals surface area contributed by atoms with Gasteiger partial charge in [0, 0.05) is 16.4 Å². The Labute approximate surface area is 175 Å². The molecule has 2 N–H and O–H groups in total. The van der Waals surface area contributed by atoms with Gasteiger partial charge in [-0.05, 0) is 44.2 Å². The molecular formula is C20H19BrN4O4. The van der Waals surface area contributed by atoms with Gasteiger partial charge in [-0.1, -0.05) is 34.1 Å². The number of fused-ring (bicyclic) bond motifs is 1. The molecular weight excluding hydrogens is 440 g/mol. The van der Waals surface area contributed by atoms with Gasteiger partial charge in [-0.15, -0.1) is 0 Å². The fourth-order valence-corrected chi connectivity index (χ4v) is 2.93. The number of aromatic nitrogens is 2. The second kappa shape index (κ2) is 8.87. The molecule has 2 amide bonds. The number of rotatable bonds is 5. The van der Waals surface area contributed by atoms with Crippen molar-refractivity contribution in [3.05, 3.63) is 69.1 Å². The van der Waals surface area contributed by atoms with Crippen molar-refractivity contribution in [2.75, 3.05) is 0 Å². The number of hydrogen-bond acceptors (Lipinski definition) is 5. The summed E-state index contributed by atoms with van der Waals surface area (Å²) >= 11 is 3.33. The van der Waals surface area contributed by atoms with Gasteiger partial charge in [0.15, 0.2) is 11.8 Å². The van der Waals surface area contributed by atoms with Crippen molar-refractivity contribution >= 4 is 38.5 Å². The summed E-state index contributed by atoms with van der Waals surface area (Å²) in [4.78, 5) is 37.2. The van der Waals surface area contributed by atoms with Crippen molar-refractivity contribution in [1.29, 1.82) is 0 Å². The Balaban J connectivity index is 1.72. The number of hydrogen-bond donors (Lipinski definition) is 2. The molecule has 150 valence electrons. The van der Waals surface area contributed by atoms with Gasteiger partial charge in [0.05, 0.1) is 5.39 Å². The number of carbonyl (C=O) groups is 2. The van der Waals surface area contributed by atoms with Gasteiger partial charge in [-0.3, -0.25) is 25.2 Å². The van der Waals surface area contributed by atoms with Crippen LogP contribution in [0.25, 0.3) is 10.8 Å². The smallest absolute Gasteiger partial charge is 0.290 e. The van der Waals surface area contributed by atoms with E-state index in [-0.39, 0.29) is 11.3 Å². The van der Waals surface area contributed by atoms with Crippen molar-refractivity contribution in [3.63, 3.8) is 0 Å². The summed E-state index contributed by atoms with van der Waals surface area (Å²) in [5, 5.41) is 4.92. The maximum atomic E-state index is 12.6. The molecule has 3 aromatic rings. The maximum Gasteiger partial charge on any atom is 0.290 e. The highest BCUT2D eigenvalue weighted by atomic mass is 79.9. The Morgan fingerprint density at radius 2 is 1.76 bits per heavy atom. The number of nitrogens with one attached hydrogen (secondary N) is 2. The number of carbonyl (C=O) groups excluding carboxylic acids is 2. The van der Waals surface area contributed by atoms with E-state index < -0.39 is 17.9 Å². The molecule has 1 atom stereocenters. The highest BCUT2D eigenvalue weighted by Crippen LogP contribution is 2.17. The third-order valence-electron chi connectivity index (χ3n) is 4.18. The fraction of sp³-hybridized carbons (Fsp3) is 0.200. The topological polar surface area (TPSA) is 102 Å². The van der Waals surface area contributed by atoms with Gasteiger partial charge < -0.3 is 4.74 Å². The number of hydrazine groups is 1. The van der Waals surface area contributed by atoms with E-state index in [2.05, 4.69) is 31.9 Å². The summed E-state index contributed by atoms with van der Waals surface area (Å²) in [6.45, 7) is 3.64. The van der Waals surface area contributed by atoms with Crippen LogP contribution in [0.5, 0.6) is 5.75 Å². The molecule has 1 heterocycles. The Kier molecular flexibility index (Phi) is 6.28. The molecule has 0 saturated carbocycles. The predicted octanol–water partition coefficient (Wildman–Crippen LogP) is 2.41. The zero-order valence-corrected chi connectivity index (χ0v) is 17.4. The van der Waals surface area contributed by atoms with Gasteiger partial charge in [0.1, 0.15) is 5.75 Å². The predicted molar refractivity (Wildman–Crippen MR) is 112 cm³/mol. The normalized spacial score (nSPS) is 11.7. The van der Waals surface area contributed by atoms with E-state index in [0.717, 1.165) is 4.47 Å². The van der Waals surface area contributed by atoms with E-state index in [1.165, 1.54) is 4.68 Å². The van der Waals surface area contributed by atoms with E-state index in [4.69, 9.17) is 4.74 Å². The van der Waals surface area contributed by atoms with Crippen LogP contribution in [0.2, 0.25) is 0 Å². The van der Waals surface area contributed by atoms with Crippen LogP contribution in [0, 0.1) is 0 Å². The summed E-state index contributed by atoms with van der Waals surface area (Å²) in [5.41, 5.74) is 4.43. The average molecular weight is 459 g/mol. The van der Waals surface area contributed by atoms with E-state index in [1.807, 2.05) is 0 Å². The number of aryl methyl sites for hydroxylation is 1. The summed E-state index contributed by atoms with van der Waals surface area (Å²) in [5.74, 6) is -0.646. The summed E-state index contributed by atoms with van der Waals surface area (Å²) in [6, 6.07) is 13.7. The number of ether oxygens (including phenoxy) is 1. The first-order valence-electron chi connectivity index (χ1n) is 8.93. The molecule has 0 aliphatic heterocycles. The van der Waals surface area contributed by atoms with Crippen molar-refractivity contribution in [3.8, 4) is 5.75 Å². The minimum Gasteiger partial charge on any atom is -0.481 e. The zero-order valence-electron chi connectivity index (χ0n) is 15.8. The number of benzene rings is 2. The molecule has 0 saturated heterocycles. The van der Waals surface area contributed by atoms with Gasteiger partial charge in [-0.25, -0.2) is 4.68 Å². The van der Waals surface area contributed by atoms with Crippen LogP contribution in [0.4, 0.5) is 0 Å². The molecule has 8 nitrogen and oxygen atoms in total. The van der Waals surface area contributed by atoms with Gasteiger partial charge in [-0.2, -0.15) is 5.10 Å². The highest BCUT2D eigenvalue weighted by molar-refractivity contribution is 9.10. The van der Waals surface area contributed by atoms with Gasteiger partial charge >= 0.3 is 0 Å². The van der Waals surface area contributed by atoms with Crippen LogP contribution in [-0.2, 0) is 11.3 Å². The van der Waals surface area contributed by atoms with Crippen LogP contribution in [0.15, 0.2) is 57.8 Å². The number of halogens is 1. The first kappa shape index (κ1) is 20.5. The Hall–Kier alpha value is -3.20. The molecule has 29 heavy (non-hydrogen) atoms. The maximum absolute atomic E-state index is 12.6. The Bertz CT molecular complexity index is 1110. The Morgan fingerprint density at radius 1 is 1.10 bits per heavy atom. The van der Waals surface area contributed by atoms with E-state index in [0.29, 0.717) is 23.1 Å². The van der Waals surface area contributed by atoms with E-state index in [1.54, 1.807) is 62.4 Å². The van der Waals surface area contributed by atoms with Crippen molar-refractivity contribution < 1.29 is 14.3 Å². The van der Waals surface area contributed by atoms with Crippen LogP contribution in [-0.4, -0.2) is 27.7 Å². The molecule has 0 bridgehead atoms. The number of nitrogens with zero attached hydrogens (tertiary/aromatic N) is 2. The first-order chi connectivity index (χ1) is 13.9. The molecule has 0 aliphatic rings. The molecule has 0 aliphatic carbocycles. The molecule has 9 heteroatoms. The van der Waals surface area contributed by atoms with Crippen LogP contribution >= 0.6 is 15.9 Å². The lowest BCUT2D eigenvalue weighted by molar-refractivity contribution is -0.128. The van der Waals surface area contributed by atoms with Gasteiger partial charge in [0.2, 0.25) is 0 Å². The standard InChI is InChI=1S/C20H19BrN4O4/c1-3-25-20(28)16-7-5-4-6-15(16)17(24-25)19(27)23-22-18(26)12(2)29-14-10-8-13(21)9-11-14/h4-12H,3H2,1-2H3,(H,22,26)(H,23,27). The highest BCUT2D eigenvalue weighted by Gasteiger charge is 2.19. The molecule has 0 radical (unpaired) electrons. The molecule has 3 rings (SSSR count). The largest absolute Gasteiger partial charge is 0.481 e. The monoisotopic (exact) mass is 458 g/mol. The third kappa shape index (κ3) is 4.62.